The van der Waals surface area contributed by atoms with Gasteiger partial charge >= 0.3 is 0 Å². The second-order valence-corrected chi connectivity index (χ2v) is 4.59. The highest BCUT2D eigenvalue weighted by molar-refractivity contribution is 6.48. The molecule has 1 aromatic heterocycles. The third kappa shape index (κ3) is 3.54. The molecule has 0 aliphatic heterocycles. The zero-order valence-corrected chi connectivity index (χ0v) is 11.4. The summed E-state index contributed by atoms with van der Waals surface area (Å²) in [6.45, 7) is 1.36. The number of hydrogen-bond acceptors (Lipinski definition) is 3. The van der Waals surface area contributed by atoms with Gasteiger partial charge in [0.05, 0.1) is 5.69 Å². The largest absolute Gasteiger partial charge is 0.382 e. The number of nitrogens with one attached hydrogen (secondary N) is 1. The first-order chi connectivity index (χ1) is 7.57. The summed E-state index contributed by atoms with van der Waals surface area (Å²) in [5, 5.41) is 3.90. The number of pyridine rings is 1. The van der Waals surface area contributed by atoms with Gasteiger partial charge in [-0.3, -0.25) is 0 Å². The number of rotatable bonds is 5. The first-order valence-electron chi connectivity index (χ1n) is 4.71. The second-order valence-electron chi connectivity index (χ2n) is 3.12. The summed E-state index contributed by atoms with van der Waals surface area (Å²) in [4.78, 5) is 3.78. The number of unbranched alkanes of at least 4 members (excludes halogenated alkanes) is 1. The fraction of sp³-hybridized carbons (Fsp3) is 0.444. The van der Waals surface area contributed by atoms with Crippen LogP contribution in [0, 0.1) is 0 Å². The Bertz CT molecular complexity index is 344. The molecule has 0 radical (unpaired) electrons. The number of anilines is 1. The van der Waals surface area contributed by atoms with E-state index in [2.05, 4.69) is 10.3 Å². The fourth-order valence-corrected chi connectivity index (χ4v) is 1.98. The molecule has 0 aromatic carbocycles. The highest BCUT2D eigenvalue weighted by atomic mass is 35.5. The maximum absolute atomic E-state index is 5.96. The molecule has 0 saturated heterocycles. The van der Waals surface area contributed by atoms with Gasteiger partial charge in [-0.05, 0) is 19.4 Å². The van der Waals surface area contributed by atoms with Crippen molar-refractivity contribution in [1.82, 2.24) is 4.98 Å². The van der Waals surface area contributed by atoms with Gasteiger partial charge in [-0.25, -0.2) is 4.98 Å². The molecule has 1 heterocycles. The summed E-state index contributed by atoms with van der Waals surface area (Å²) < 4.78 is 0. The molecule has 1 rings (SSSR count). The molecule has 0 atom stereocenters. The maximum atomic E-state index is 5.96. The highest BCUT2D eigenvalue weighted by Gasteiger charge is 2.14. The Morgan fingerprint density at radius 2 is 1.56 bits per heavy atom. The minimum absolute atomic E-state index is 0.136. The molecule has 16 heavy (non-hydrogen) atoms. The average Bonchev–Trinajstić information content (AvgIpc) is 2.25. The maximum Gasteiger partial charge on any atom is 0.151 e. The van der Waals surface area contributed by atoms with E-state index in [-0.39, 0.29) is 20.4 Å². The van der Waals surface area contributed by atoms with E-state index in [1.54, 1.807) is 0 Å². The lowest BCUT2D eigenvalue weighted by Crippen LogP contribution is -2.07. The molecular formula is C9H11Cl4N3. The summed E-state index contributed by atoms with van der Waals surface area (Å²) in [7, 11) is 0. The quantitative estimate of drug-likeness (QED) is 0.642. The van der Waals surface area contributed by atoms with Gasteiger partial charge in [-0.1, -0.05) is 46.4 Å². The third-order valence-electron chi connectivity index (χ3n) is 1.93. The van der Waals surface area contributed by atoms with Crippen LogP contribution in [0.25, 0.3) is 0 Å². The summed E-state index contributed by atoms with van der Waals surface area (Å²) in [6.07, 6.45) is 1.84. The lowest BCUT2D eigenvalue weighted by molar-refractivity contribution is 0.774. The predicted octanol–water partition coefficient (Wildman–Crippen LogP) is 3.85. The van der Waals surface area contributed by atoms with Crippen LogP contribution in [0.5, 0.6) is 0 Å². The van der Waals surface area contributed by atoms with Crippen molar-refractivity contribution in [2.75, 3.05) is 18.4 Å². The van der Waals surface area contributed by atoms with Crippen LogP contribution in [0.2, 0.25) is 20.4 Å². The van der Waals surface area contributed by atoms with Gasteiger partial charge < -0.3 is 11.1 Å². The number of hydrogen-bond donors (Lipinski definition) is 2. The SMILES string of the molecule is NCCCCNc1c(Cl)c(Cl)nc(Cl)c1Cl. The Morgan fingerprint density at radius 1 is 1.00 bits per heavy atom. The van der Waals surface area contributed by atoms with Crippen molar-refractivity contribution < 1.29 is 0 Å². The molecule has 3 N–H and O–H groups in total. The number of nitrogens with zero attached hydrogens (tertiary/aromatic N) is 1. The lowest BCUT2D eigenvalue weighted by atomic mass is 10.3. The minimum Gasteiger partial charge on any atom is -0.382 e. The molecule has 3 nitrogen and oxygen atoms in total. The van der Waals surface area contributed by atoms with Crippen molar-refractivity contribution in [2.24, 2.45) is 5.73 Å². The van der Waals surface area contributed by atoms with E-state index in [0.717, 1.165) is 12.8 Å². The molecule has 0 fully saturated rings. The molecule has 0 spiro atoms. The normalized spacial score (nSPS) is 10.6. The Labute approximate surface area is 114 Å². The van der Waals surface area contributed by atoms with Crippen LogP contribution in [0.1, 0.15) is 12.8 Å². The van der Waals surface area contributed by atoms with Crippen LogP contribution < -0.4 is 11.1 Å². The van der Waals surface area contributed by atoms with Gasteiger partial charge in [0.15, 0.2) is 10.3 Å². The van der Waals surface area contributed by atoms with Gasteiger partial charge in [0.1, 0.15) is 10.0 Å². The summed E-state index contributed by atoms with van der Waals surface area (Å²) in [6, 6.07) is 0. The van der Waals surface area contributed by atoms with Gasteiger partial charge in [0.25, 0.3) is 0 Å². The zero-order valence-electron chi connectivity index (χ0n) is 8.36. The molecule has 1 aromatic rings. The third-order valence-corrected chi connectivity index (χ3v) is 3.41. The van der Waals surface area contributed by atoms with Gasteiger partial charge in [0, 0.05) is 6.54 Å². The highest BCUT2D eigenvalue weighted by Crippen LogP contribution is 2.38. The van der Waals surface area contributed by atoms with Crippen LogP contribution >= 0.6 is 46.4 Å². The molecule has 0 saturated carbocycles. The van der Waals surface area contributed by atoms with Crippen molar-refractivity contribution in [2.45, 2.75) is 12.8 Å². The van der Waals surface area contributed by atoms with E-state index >= 15 is 0 Å². The van der Waals surface area contributed by atoms with Crippen molar-refractivity contribution in [3.63, 3.8) is 0 Å². The average molecular weight is 303 g/mol. The molecule has 90 valence electrons. The zero-order chi connectivity index (χ0) is 12.1. The Hall–Kier alpha value is 0.0700. The molecule has 0 amide bonds. The lowest BCUT2D eigenvalue weighted by Gasteiger charge is -2.11. The van der Waals surface area contributed by atoms with Gasteiger partial charge in [-0.15, -0.1) is 0 Å². The molecule has 0 bridgehead atoms. The summed E-state index contributed by atoms with van der Waals surface area (Å²) in [5.74, 6) is 0. The summed E-state index contributed by atoms with van der Waals surface area (Å²) >= 11 is 23.5. The molecular weight excluding hydrogens is 292 g/mol. The first-order valence-corrected chi connectivity index (χ1v) is 6.23. The molecule has 7 heteroatoms. The Morgan fingerprint density at radius 3 is 2.06 bits per heavy atom. The molecule has 0 aliphatic carbocycles. The summed E-state index contributed by atoms with van der Waals surface area (Å²) in [5.41, 5.74) is 5.90. The number of halogens is 4. The standard InChI is InChI=1S/C9H11Cl4N3/c10-5-7(15-4-2-1-3-14)6(11)9(13)16-8(5)12/h1-4,14H2,(H,15,16). The predicted molar refractivity (Wildman–Crippen MR) is 71.1 cm³/mol. The topological polar surface area (TPSA) is 50.9 Å². The van der Waals surface area contributed by atoms with Crippen LogP contribution in [0.15, 0.2) is 0 Å². The number of aromatic nitrogens is 1. The van der Waals surface area contributed by atoms with E-state index in [4.69, 9.17) is 52.1 Å². The van der Waals surface area contributed by atoms with Gasteiger partial charge in [-0.2, -0.15) is 0 Å². The second kappa shape index (κ2) is 6.72. The van der Waals surface area contributed by atoms with Crippen LogP contribution in [0.3, 0.4) is 0 Å². The van der Waals surface area contributed by atoms with Crippen molar-refractivity contribution in [3.8, 4) is 0 Å². The Balaban J connectivity index is 2.78. The van der Waals surface area contributed by atoms with Crippen LogP contribution in [-0.2, 0) is 0 Å². The van der Waals surface area contributed by atoms with Crippen molar-refractivity contribution in [3.05, 3.63) is 20.4 Å². The first kappa shape index (κ1) is 14.1. The minimum atomic E-state index is 0.136. The van der Waals surface area contributed by atoms with E-state index < -0.39 is 0 Å². The van der Waals surface area contributed by atoms with Crippen LogP contribution in [-0.4, -0.2) is 18.1 Å². The van der Waals surface area contributed by atoms with E-state index in [1.807, 2.05) is 0 Å². The van der Waals surface area contributed by atoms with E-state index in [1.165, 1.54) is 0 Å². The number of nitrogens with two attached hydrogens (primary N) is 1. The van der Waals surface area contributed by atoms with E-state index in [0.29, 0.717) is 18.8 Å². The van der Waals surface area contributed by atoms with Crippen molar-refractivity contribution in [1.29, 1.82) is 0 Å². The molecule has 0 unspecified atom stereocenters. The molecule has 0 aliphatic rings. The van der Waals surface area contributed by atoms with Gasteiger partial charge in [0.2, 0.25) is 0 Å². The van der Waals surface area contributed by atoms with Crippen molar-refractivity contribution >= 4 is 52.1 Å². The Kier molecular flexibility index (Phi) is 5.94. The monoisotopic (exact) mass is 301 g/mol. The smallest absolute Gasteiger partial charge is 0.151 e. The van der Waals surface area contributed by atoms with E-state index in [9.17, 15) is 0 Å². The van der Waals surface area contributed by atoms with Crippen LogP contribution in [0.4, 0.5) is 5.69 Å². The fourth-order valence-electron chi connectivity index (χ4n) is 1.12.